The van der Waals surface area contributed by atoms with Gasteiger partial charge in [0.05, 0.1) is 11.4 Å². The predicted molar refractivity (Wildman–Crippen MR) is 49.8 cm³/mol. The maximum Gasteiger partial charge on any atom is 0.387 e. The Bertz CT molecular complexity index is 400. The van der Waals surface area contributed by atoms with Crippen molar-refractivity contribution in [3.05, 3.63) is 27.4 Å². The van der Waals surface area contributed by atoms with Crippen LogP contribution in [0.15, 0.2) is 6.07 Å². The van der Waals surface area contributed by atoms with Crippen LogP contribution in [-0.2, 0) is 5.88 Å². The number of nitro groups is 1. The summed E-state index contributed by atoms with van der Waals surface area (Å²) in [4.78, 5) is 12.9. The number of aromatic nitrogens is 1. The molecule has 0 aliphatic rings. The Balaban J connectivity index is 3.35. The molecule has 0 aliphatic heterocycles. The van der Waals surface area contributed by atoms with Gasteiger partial charge in [0.15, 0.2) is 5.69 Å². The summed E-state index contributed by atoms with van der Waals surface area (Å²) in [6, 6.07) is 0.827. The second-order valence-corrected chi connectivity index (χ2v) is 2.90. The van der Waals surface area contributed by atoms with Crippen molar-refractivity contribution >= 4 is 23.1 Å². The van der Waals surface area contributed by atoms with Crippen molar-refractivity contribution in [2.45, 2.75) is 12.3 Å². The standard InChI is InChI=1S/C7H6ClF2N3O2/c8-2-5-3(6(9)10)1-4(11)7(12-5)13(14)15/h1,6H,2,11H2. The van der Waals surface area contributed by atoms with Crippen LogP contribution in [0, 0.1) is 10.1 Å². The third-order valence-corrected chi connectivity index (χ3v) is 1.93. The third-order valence-electron chi connectivity index (χ3n) is 1.68. The minimum absolute atomic E-state index is 0.229. The van der Waals surface area contributed by atoms with Crippen LogP contribution >= 0.6 is 11.6 Å². The van der Waals surface area contributed by atoms with E-state index in [2.05, 4.69) is 4.98 Å². The normalized spacial score (nSPS) is 10.7. The Kier molecular flexibility index (Phi) is 3.35. The van der Waals surface area contributed by atoms with Gasteiger partial charge in [-0.25, -0.2) is 8.78 Å². The van der Waals surface area contributed by atoms with Crippen LogP contribution in [0.3, 0.4) is 0 Å². The number of halogens is 3. The van der Waals surface area contributed by atoms with E-state index in [9.17, 15) is 18.9 Å². The highest BCUT2D eigenvalue weighted by atomic mass is 35.5. The summed E-state index contributed by atoms with van der Waals surface area (Å²) in [5.41, 5.74) is 4.10. The number of anilines is 1. The van der Waals surface area contributed by atoms with E-state index in [0.717, 1.165) is 6.07 Å². The molecular formula is C7H6ClF2N3O2. The summed E-state index contributed by atoms with van der Waals surface area (Å²) < 4.78 is 24.8. The van der Waals surface area contributed by atoms with Crippen LogP contribution < -0.4 is 5.73 Å². The van der Waals surface area contributed by atoms with Crippen molar-refractivity contribution < 1.29 is 13.7 Å². The fraction of sp³-hybridized carbons (Fsp3) is 0.286. The van der Waals surface area contributed by atoms with Crippen LogP contribution in [0.4, 0.5) is 20.3 Å². The Morgan fingerprint density at radius 3 is 2.67 bits per heavy atom. The molecule has 0 atom stereocenters. The first kappa shape index (κ1) is 11.6. The molecule has 0 amide bonds. The molecule has 0 aromatic carbocycles. The topological polar surface area (TPSA) is 82.0 Å². The summed E-state index contributed by atoms with van der Waals surface area (Å²) in [7, 11) is 0. The minimum atomic E-state index is -2.81. The van der Waals surface area contributed by atoms with Crippen molar-refractivity contribution in [3.63, 3.8) is 0 Å². The van der Waals surface area contributed by atoms with Crippen LogP contribution in [0.1, 0.15) is 17.7 Å². The summed E-state index contributed by atoms with van der Waals surface area (Å²) in [6.45, 7) is 0. The number of rotatable bonds is 3. The van der Waals surface area contributed by atoms with Crippen molar-refractivity contribution in [1.29, 1.82) is 0 Å². The Morgan fingerprint density at radius 1 is 1.67 bits per heavy atom. The van der Waals surface area contributed by atoms with Crippen molar-refractivity contribution in [2.24, 2.45) is 0 Å². The van der Waals surface area contributed by atoms with Gasteiger partial charge in [-0.1, -0.05) is 0 Å². The maximum absolute atomic E-state index is 12.4. The molecule has 0 bridgehead atoms. The molecule has 0 saturated carbocycles. The van der Waals surface area contributed by atoms with E-state index in [4.69, 9.17) is 17.3 Å². The molecule has 0 radical (unpaired) electrons. The maximum atomic E-state index is 12.4. The molecule has 8 heteroatoms. The van der Waals surface area contributed by atoms with Crippen LogP contribution in [0.5, 0.6) is 0 Å². The van der Waals surface area contributed by atoms with E-state index < -0.39 is 28.4 Å². The molecule has 15 heavy (non-hydrogen) atoms. The molecule has 0 unspecified atom stereocenters. The van der Waals surface area contributed by atoms with Gasteiger partial charge in [-0.2, -0.15) is 0 Å². The SMILES string of the molecule is Nc1cc(C(F)F)c(CCl)nc1[N+](=O)[O-]. The predicted octanol–water partition coefficient (Wildman–Crippen LogP) is 2.25. The first-order chi connectivity index (χ1) is 6.97. The van der Waals surface area contributed by atoms with E-state index in [-0.39, 0.29) is 11.6 Å². The molecule has 0 saturated heterocycles. The van der Waals surface area contributed by atoms with Gasteiger partial charge < -0.3 is 15.8 Å². The molecule has 1 aromatic rings. The van der Waals surface area contributed by atoms with Crippen molar-refractivity contribution in [3.8, 4) is 0 Å². The van der Waals surface area contributed by atoms with Gasteiger partial charge in [-0.05, 0) is 16.0 Å². The average Bonchev–Trinajstić information content (AvgIpc) is 2.16. The smallest absolute Gasteiger partial charge is 0.387 e. The number of alkyl halides is 3. The van der Waals surface area contributed by atoms with Crippen molar-refractivity contribution in [2.75, 3.05) is 5.73 Å². The van der Waals surface area contributed by atoms with Gasteiger partial charge in [0.2, 0.25) is 0 Å². The first-order valence-corrected chi connectivity index (χ1v) is 4.28. The molecule has 0 spiro atoms. The summed E-state index contributed by atoms with van der Waals surface area (Å²) in [5, 5.41) is 10.4. The minimum Gasteiger partial charge on any atom is -0.392 e. The zero-order chi connectivity index (χ0) is 11.6. The molecule has 1 aromatic heterocycles. The van der Waals surface area contributed by atoms with E-state index >= 15 is 0 Å². The first-order valence-electron chi connectivity index (χ1n) is 3.75. The summed E-state index contributed by atoms with van der Waals surface area (Å²) in [5.74, 6) is -0.990. The lowest BCUT2D eigenvalue weighted by Gasteiger charge is -2.04. The quantitative estimate of drug-likeness (QED) is 0.497. The van der Waals surface area contributed by atoms with Gasteiger partial charge in [0.1, 0.15) is 5.69 Å². The van der Waals surface area contributed by atoms with E-state index in [1.165, 1.54) is 0 Å². The molecule has 82 valence electrons. The molecule has 2 N–H and O–H groups in total. The van der Waals surface area contributed by atoms with Gasteiger partial charge in [-0.3, -0.25) is 0 Å². The summed E-state index contributed by atoms with van der Waals surface area (Å²) in [6.07, 6.45) is -2.81. The molecule has 1 rings (SSSR count). The van der Waals surface area contributed by atoms with Gasteiger partial charge in [0.25, 0.3) is 6.43 Å². The highest BCUT2D eigenvalue weighted by molar-refractivity contribution is 6.17. The van der Waals surface area contributed by atoms with Gasteiger partial charge in [0, 0.05) is 0 Å². The largest absolute Gasteiger partial charge is 0.392 e. The second-order valence-electron chi connectivity index (χ2n) is 2.63. The highest BCUT2D eigenvalue weighted by Gasteiger charge is 2.24. The summed E-state index contributed by atoms with van der Waals surface area (Å²) >= 11 is 5.35. The lowest BCUT2D eigenvalue weighted by molar-refractivity contribution is -0.388. The molecular weight excluding hydrogens is 232 g/mol. The number of nitrogen functional groups attached to an aromatic ring is 1. The van der Waals surface area contributed by atoms with Gasteiger partial charge in [-0.15, -0.1) is 11.6 Å². The fourth-order valence-corrected chi connectivity index (χ4v) is 1.23. The molecule has 5 nitrogen and oxygen atoms in total. The van der Waals surface area contributed by atoms with E-state index in [0.29, 0.717) is 0 Å². The number of nitrogens with zero attached hydrogens (tertiary/aromatic N) is 2. The number of hydrogen-bond acceptors (Lipinski definition) is 4. The number of pyridine rings is 1. The van der Waals surface area contributed by atoms with E-state index in [1.807, 2.05) is 0 Å². The van der Waals surface area contributed by atoms with Crippen LogP contribution in [0.2, 0.25) is 0 Å². The second kappa shape index (κ2) is 4.35. The molecule has 0 fully saturated rings. The average molecular weight is 238 g/mol. The zero-order valence-corrected chi connectivity index (χ0v) is 8.04. The lowest BCUT2D eigenvalue weighted by Crippen LogP contribution is -2.05. The Morgan fingerprint density at radius 2 is 2.27 bits per heavy atom. The highest BCUT2D eigenvalue weighted by Crippen LogP contribution is 2.29. The zero-order valence-electron chi connectivity index (χ0n) is 7.28. The lowest BCUT2D eigenvalue weighted by atomic mass is 10.2. The van der Waals surface area contributed by atoms with Crippen molar-refractivity contribution in [1.82, 2.24) is 4.98 Å². The molecule has 0 aliphatic carbocycles. The number of nitrogens with two attached hydrogens (primary N) is 1. The molecule has 1 heterocycles. The van der Waals surface area contributed by atoms with Crippen LogP contribution in [-0.4, -0.2) is 9.91 Å². The Hall–Kier alpha value is -1.50. The fourth-order valence-electron chi connectivity index (χ4n) is 1.01. The van der Waals surface area contributed by atoms with E-state index in [1.54, 1.807) is 0 Å². The van der Waals surface area contributed by atoms with Crippen LogP contribution in [0.25, 0.3) is 0 Å². The Labute approximate surface area is 88.0 Å². The van der Waals surface area contributed by atoms with Gasteiger partial charge >= 0.3 is 5.82 Å². The monoisotopic (exact) mass is 237 g/mol. The third kappa shape index (κ3) is 2.30. The number of hydrogen-bond donors (Lipinski definition) is 1.